The van der Waals surface area contributed by atoms with Crippen LogP contribution in [0.4, 0.5) is 4.79 Å². The Kier molecular flexibility index (Phi) is 7.19. The first-order chi connectivity index (χ1) is 8.72. The van der Waals surface area contributed by atoms with E-state index in [1.54, 1.807) is 6.08 Å². The van der Waals surface area contributed by atoms with E-state index in [1.807, 2.05) is 33.8 Å². The van der Waals surface area contributed by atoms with Crippen LogP contribution in [0.5, 0.6) is 0 Å². The van der Waals surface area contributed by atoms with E-state index in [0.29, 0.717) is 0 Å². The molecule has 0 aromatic carbocycles. The number of hydrogen-bond acceptors (Lipinski definition) is 4. The summed E-state index contributed by atoms with van der Waals surface area (Å²) >= 11 is 0. The van der Waals surface area contributed by atoms with Crippen molar-refractivity contribution in [1.82, 2.24) is 5.32 Å². The summed E-state index contributed by atoms with van der Waals surface area (Å²) in [5.74, 6) is -0.208. The molecule has 0 aromatic rings. The Labute approximate surface area is 115 Å². The van der Waals surface area contributed by atoms with Crippen LogP contribution in [0.2, 0.25) is 0 Å². The fourth-order valence-corrected chi connectivity index (χ4v) is 1.90. The second-order valence-corrected chi connectivity index (χ2v) is 5.55. The van der Waals surface area contributed by atoms with E-state index in [9.17, 15) is 9.59 Å². The molecule has 0 rings (SSSR count). The lowest BCUT2D eigenvalue weighted by atomic mass is 9.79. The van der Waals surface area contributed by atoms with Gasteiger partial charge in [0, 0.05) is 6.04 Å². The molecule has 0 bridgehead atoms. The lowest BCUT2D eigenvalue weighted by Crippen LogP contribution is -2.47. The SMILES string of the molecule is COC(=O)C/C=C/[C@H](C)[C@@H](NC(=O)OC)C(C)(C)C. The lowest BCUT2D eigenvalue weighted by Gasteiger charge is -2.34. The molecule has 0 aliphatic carbocycles. The highest BCUT2D eigenvalue weighted by atomic mass is 16.5. The van der Waals surface area contributed by atoms with E-state index in [0.717, 1.165) is 0 Å². The molecular formula is C14H25NO4. The van der Waals surface area contributed by atoms with E-state index in [-0.39, 0.29) is 29.8 Å². The van der Waals surface area contributed by atoms with Crippen LogP contribution >= 0.6 is 0 Å². The molecule has 2 atom stereocenters. The summed E-state index contributed by atoms with van der Waals surface area (Å²) in [5, 5.41) is 2.83. The van der Waals surface area contributed by atoms with E-state index in [2.05, 4.69) is 14.8 Å². The van der Waals surface area contributed by atoms with Crippen molar-refractivity contribution < 1.29 is 19.1 Å². The van der Waals surface area contributed by atoms with E-state index in [1.165, 1.54) is 14.2 Å². The monoisotopic (exact) mass is 271 g/mol. The highest BCUT2D eigenvalue weighted by molar-refractivity contribution is 5.70. The van der Waals surface area contributed by atoms with Crippen LogP contribution in [0, 0.1) is 11.3 Å². The first-order valence-electron chi connectivity index (χ1n) is 6.30. The third kappa shape index (κ3) is 6.84. The minimum atomic E-state index is -0.451. The molecule has 5 heteroatoms. The first kappa shape index (κ1) is 17.5. The van der Waals surface area contributed by atoms with Gasteiger partial charge in [-0.05, 0) is 11.3 Å². The van der Waals surface area contributed by atoms with Crippen LogP contribution in [-0.2, 0) is 14.3 Å². The van der Waals surface area contributed by atoms with Crippen LogP contribution in [0.1, 0.15) is 34.1 Å². The Hall–Kier alpha value is -1.52. The van der Waals surface area contributed by atoms with Gasteiger partial charge in [-0.25, -0.2) is 4.79 Å². The van der Waals surface area contributed by atoms with Crippen molar-refractivity contribution in [2.75, 3.05) is 14.2 Å². The van der Waals surface area contributed by atoms with E-state index >= 15 is 0 Å². The molecule has 0 spiro atoms. The highest BCUT2D eigenvalue weighted by Gasteiger charge is 2.30. The smallest absolute Gasteiger partial charge is 0.407 e. The maximum absolute atomic E-state index is 11.4. The predicted molar refractivity (Wildman–Crippen MR) is 73.7 cm³/mol. The van der Waals surface area contributed by atoms with Crippen LogP contribution in [-0.4, -0.2) is 32.3 Å². The van der Waals surface area contributed by atoms with Gasteiger partial charge in [0.2, 0.25) is 0 Å². The fourth-order valence-electron chi connectivity index (χ4n) is 1.90. The summed E-state index contributed by atoms with van der Waals surface area (Å²) in [6.45, 7) is 8.11. The van der Waals surface area contributed by atoms with E-state index in [4.69, 9.17) is 0 Å². The molecular weight excluding hydrogens is 246 g/mol. The summed E-state index contributed by atoms with van der Waals surface area (Å²) < 4.78 is 9.20. The minimum Gasteiger partial charge on any atom is -0.469 e. The standard InChI is InChI=1S/C14H25NO4/c1-10(8-7-9-11(16)18-5)12(14(2,3)4)15-13(17)19-6/h7-8,10,12H,9H2,1-6H3,(H,15,17)/b8-7+/t10-,12+/m0/s1. The van der Waals surface area contributed by atoms with Crippen molar-refractivity contribution in [2.45, 2.75) is 40.2 Å². The van der Waals surface area contributed by atoms with Crippen molar-refractivity contribution in [3.8, 4) is 0 Å². The Morgan fingerprint density at radius 2 is 1.79 bits per heavy atom. The fraction of sp³-hybridized carbons (Fsp3) is 0.714. The zero-order valence-electron chi connectivity index (χ0n) is 12.6. The van der Waals surface area contributed by atoms with E-state index < -0.39 is 6.09 Å². The van der Waals surface area contributed by atoms with Gasteiger partial charge in [-0.2, -0.15) is 0 Å². The van der Waals surface area contributed by atoms with Crippen molar-refractivity contribution >= 4 is 12.1 Å². The maximum atomic E-state index is 11.4. The van der Waals surface area contributed by atoms with Gasteiger partial charge >= 0.3 is 12.1 Å². The summed E-state index contributed by atoms with van der Waals surface area (Å²) in [7, 11) is 2.70. The lowest BCUT2D eigenvalue weighted by molar-refractivity contribution is -0.139. The van der Waals surface area contributed by atoms with Gasteiger partial charge in [0.15, 0.2) is 0 Å². The van der Waals surface area contributed by atoms with Crippen molar-refractivity contribution in [3.63, 3.8) is 0 Å². The van der Waals surface area contributed by atoms with Crippen molar-refractivity contribution in [2.24, 2.45) is 11.3 Å². The summed E-state index contributed by atoms with van der Waals surface area (Å²) in [4.78, 5) is 22.4. The third-order valence-electron chi connectivity index (χ3n) is 2.87. The number of nitrogens with one attached hydrogen (secondary N) is 1. The van der Waals surface area contributed by atoms with Gasteiger partial charge in [0.05, 0.1) is 20.6 Å². The number of esters is 1. The molecule has 0 aliphatic heterocycles. The second-order valence-electron chi connectivity index (χ2n) is 5.55. The Morgan fingerprint density at radius 3 is 2.21 bits per heavy atom. The van der Waals surface area contributed by atoms with Gasteiger partial charge in [-0.3, -0.25) is 4.79 Å². The van der Waals surface area contributed by atoms with Crippen LogP contribution in [0.15, 0.2) is 12.2 Å². The molecule has 0 unspecified atom stereocenters. The average molecular weight is 271 g/mol. The number of alkyl carbamates (subject to hydrolysis) is 1. The summed E-state index contributed by atoms with van der Waals surface area (Å²) in [5.41, 5.74) is -0.122. The largest absolute Gasteiger partial charge is 0.469 e. The number of amides is 1. The van der Waals surface area contributed by atoms with Gasteiger partial charge < -0.3 is 14.8 Å². The molecule has 0 radical (unpaired) electrons. The van der Waals surface area contributed by atoms with Gasteiger partial charge in [0.25, 0.3) is 0 Å². The highest BCUT2D eigenvalue weighted by Crippen LogP contribution is 2.26. The zero-order chi connectivity index (χ0) is 15.1. The third-order valence-corrected chi connectivity index (χ3v) is 2.87. The number of methoxy groups -OCH3 is 2. The van der Waals surface area contributed by atoms with Gasteiger partial charge in [-0.1, -0.05) is 39.8 Å². The van der Waals surface area contributed by atoms with Crippen LogP contribution in [0.25, 0.3) is 0 Å². The molecule has 5 nitrogen and oxygen atoms in total. The van der Waals surface area contributed by atoms with Crippen molar-refractivity contribution in [1.29, 1.82) is 0 Å². The maximum Gasteiger partial charge on any atom is 0.407 e. The normalized spacial score (nSPS) is 14.8. The Morgan fingerprint density at radius 1 is 1.21 bits per heavy atom. The number of hydrogen-bond donors (Lipinski definition) is 1. The summed E-state index contributed by atoms with van der Waals surface area (Å²) in [6, 6.07) is -0.0890. The topological polar surface area (TPSA) is 64.6 Å². The molecule has 0 aromatic heterocycles. The van der Waals surface area contributed by atoms with Crippen LogP contribution in [0.3, 0.4) is 0 Å². The second kappa shape index (κ2) is 7.81. The first-order valence-corrected chi connectivity index (χ1v) is 6.30. The molecule has 0 saturated heterocycles. The van der Waals surface area contributed by atoms with Crippen LogP contribution < -0.4 is 5.32 Å². The number of carbonyl (C=O) groups is 2. The Bertz CT molecular complexity index is 331. The number of ether oxygens (including phenoxy) is 2. The molecule has 110 valence electrons. The van der Waals surface area contributed by atoms with Gasteiger partial charge in [-0.15, -0.1) is 0 Å². The molecule has 0 heterocycles. The van der Waals surface area contributed by atoms with Crippen molar-refractivity contribution in [3.05, 3.63) is 12.2 Å². The molecule has 1 amide bonds. The molecule has 0 saturated carbocycles. The average Bonchev–Trinajstić information content (AvgIpc) is 2.33. The molecule has 0 fully saturated rings. The minimum absolute atomic E-state index is 0.0729. The molecule has 0 aliphatic rings. The summed E-state index contributed by atoms with van der Waals surface area (Å²) in [6.07, 6.45) is 3.44. The molecule has 1 N–H and O–H groups in total. The number of carbonyl (C=O) groups excluding carboxylic acids is 2. The quantitative estimate of drug-likeness (QED) is 0.616. The molecule has 19 heavy (non-hydrogen) atoms. The predicted octanol–water partition coefficient (Wildman–Crippen LogP) is 2.51. The zero-order valence-corrected chi connectivity index (χ0v) is 12.6. The van der Waals surface area contributed by atoms with Gasteiger partial charge in [0.1, 0.15) is 0 Å². The number of rotatable bonds is 5. The Balaban J connectivity index is 4.68.